The SMILES string of the molecule is CCC1CN(C(=O)c2cccc(OC(C)C)c2)CCC1O. The number of aliphatic hydroxyl groups is 1. The molecular formula is C17H25NO3. The van der Waals surface area contributed by atoms with Gasteiger partial charge >= 0.3 is 0 Å². The molecule has 4 nitrogen and oxygen atoms in total. The molecule has 2 atom stereocenters. The lowest BCUT2D eigenvalue weighted by Crippen LogP contribution is -2.45. The molecule has 1 fully saturated rings. The highest BCUT2D eigenvalue weighted by Gasteiger charge is 2.29. The molecule has 4 heteroatoms. The molecule has 1 aliphatic heterocycles. The summed E-state index contributed by atoms with van der Waals surface area (Å²) in [7, 11) is 0. The van der Waals surface area contributed by atoms with Crippen LogP contribution in [-0.4, -0.2) is 41.2 Å². The van der Waals surface area contributed by atoms with E-state index in [0.717, 1.165) is 12.2 Å². The minimum atomic E-state index is -0.283. The van der Waals surface area contributed by atoms with Crippen molar-refractivity contribution in [3.8, 4) is 5.75 Å². The molecule has 21 heavy (non-hydrogen) atoms. The number of ether oxygens (including phenoxy) is 1. The third-order valence-electron chi connectivity index (χ3n) is 3.96. The molecule has 2 rings (SSSR count). The predicted molar refractivity (Wildman–Crippen MR) is 82.5 cm³/mol. The molecule has 0 aromatic heterocycles. The van der Waals surface area contributed by atoms with Gasteiger partial charge in [-0.25, -0.2) is 0 Å². The van der Waals surface area contributed by atoms with E-state index < -0.39 is 0 Å². The number of benzene rings is 1. The molecule has 1 heterocycles. The zero-order valence-electron chi connectivity index (χ0n) is 13.1. The molecule has 0 bridgehead atoms. The third kappa shape index (κ3) is 3.97. The zero-order valence-corrected chi connectivity index (χ0v) is 13.1. The molecule has 2 unspecified atom stereocenters. The molecule has 1 aliphatic rings. The van der Waals surface area contributed by atoms with Gasteiger partial charge in [0, 0.05) is 24.6 Å². The number of rotatable bonds is 4. The second-order valence-corrected chi connectivity index (χ2v) is 5.97. The number of amides is 1. The van der Waals surface area contributed by atoms with Crippen LogP contribution in [0.3, 0.4) is 0 Å². The summed E-state index contributed by atoms with van der Waals surface area (Å²) in [6.07, 6.45) is 1.35. The summed E-state index contributed by atoms with van der Waals surface area (Å²) in [6.45, 7) is 7.23. The first-order valence-corrected chi connectivity index (χ1v) is 7.75. The molecule has 0 spiro atoms. The standard InChI is InChI=1S/C17H25NO3/c1-4-13-11-18(9-8-16(13)19)17(20)14-6-5-7-15(10-14)21-12(2)3/h5-7,10,12-13,16,19H,4,8-9,11H2,1-3H3. The van der Waals surface area contributed by atoms with Gasteiger partial charge in [0.05, 0.1) is 12.2 Å². The first-order valence-electron chi connectivity index (χ1n) is 7.75. The van der Waals surface area contributed by atoms with Crippen molar-refractivity contribution in [1.29, 1.82) is 0 Å². The largest absolute Gasteiger partial charge is 0.491 e. The highest BCUT2D eigenvalue weighted by molar-refractivity contribution is 5.94. The van der Waals surface area contributed by atoms with E-state index in [1.807, 2.05) is 36.9 Å². The van der Waals surface area contributed by atoms with Crippen LogP contribution < -0.4 is 4.74 Å². The summed E-state index contributed by atoms with van der Waals surface area (Å²) in [5, 5.41) is 9.92. The number of carbonyl (C=O) groups excluding carboxylic acids is 1. The van der Waals surface area contributed by atoms with Gasteiger partial charge in [-0.05, 0) is 44.9 Å². The van der Waals surface area contributed by atoms with E-state index in [-0.39, 0.29) is 24.0 Å². The van der Waals surface area contributed by atoms with Crippen molar-refractivity contribution in [2.24, 2.45) is 5.92 Å². The van der Waals surface area contributed by atoms with E-state index >= 15 is 0 Å². The van der Waals surface area contributed by atoms with Crippen molar-refractivity contribution in [3.63, 3.8) is 0 Å². The zero-order chi connectivity index (χ0) is 15.4. The highest BCUT2D eigenvalue weighted by atomic mass is 16.5. The normalized spacial score (nSPS) is 22.4. The first-order chi connectivity index (χ1) is 10.0. The van der Waals surface area contributed by atoms with Gasteiger partial charge < -0.3 is 14.7 Å². The predicted octanol–water partition coefficient (Wildman–Crippen LogP) is 2.71. The maximum Gasteiger partial charge on any atom is 0.254 e. The Morgan fingerprint density at radius 1 is 1.48 bits per heavy atom. The Morgan fingerprint density at radius 3 is 2.90 bits per heavy atom. The molecule has 0 radical (unpaired) electrons. The number of nitrogens with zero attached hydrogens (tertiary/aromatic N) is 1. The summed E-state index contributed by atoms with van der Waals surface area (Å²) in [6, 6.07) is 7.34. The second-order valence-electron chi connectivity index (χ2n) is 5.97. The lowest BCUT2D eigenvalue weighted by Gasteiger charge is -2.35. The molecule has 1 aromatic carbocycles. The van der Waals surface area contributed by atoms with E-state index in [2.05, 4.69) is 6.92 Å². The van der Waals surface area contributed by atoms with Gasteiger partial charge in [0.1, 0.15) is 5.75 Å². The summed E-state index contributed by atoms with van der Waals surface area (Å²) in [5.74, 6) is 0.923. The molecule has 0 aliphatic carbocycles. The Kier molecular flexibility index (Phi) is 5.23. The monoisotopic (exact) mass is 291 g/mol. The van der Waals surface area contributed by atoms with Gasteiger partial charge in [-0.1, -0.05) is 13.0 Å². The molecule has 1 saturated heterocycles. The van der Waals surface area contributed by atoms with Gasteiger partial charge in [0.15, 0.2) is 0 Å². The highest BCUT2D eigenvalue weighted by Crippen LogP contribution is 2.23. The minimum Gasteiger partial charge on any atom is -0.491 e. The topological polar surface area (TPSA) is 49.8 Å². The lowest BCUT2D eigenvalue weighted by molar-refractivity contribution is 0.0228. The van der Waals surface area contributed by atoms with Crippen LogP contribution >= 0.6 is 0 Å². The molecule has 1 aromatic rings. The van der Waals surface area contributed by atoms with Crippen molar-refractivity contribution < 1.29 is 14.6 Å². The van der Waals surface area contributed by atoms with Crippen LogP contribution in [0.15, 0.2) is 24.3 Å². The van der Waals surface area contributed by atoms with Crippen LogP contribution in [0.25, 0.3) is 0 Å². The number of likely N-dealkylation sites (tertiary alicyclic amines) is 1. The molecule has 1 amide bonds. The Hall–Kier alpha value is -1.55. The molecule has 116 valence electrons. The van der Waals surface area contributed by atoms with Crippen LogP contribution in [0.5, 0.6) is 5.75 Å². The summed E-state index contributed by atoms with van der Waals surface area (Å²) < 4.78 is 5.64. The Balaban J connectivity index is 2.09. The summed E-state index contributed by atoms with van der Waals surface area (Å²) >= 11 is 0. The molecular weight excluding hydrogens is 266 g/mol. The molecule has 1 N–H and O–H groups in total. The van der Waals surface area contributed by atoms with Crippen LogP contribution in [0, 0.1) is 5.92 Å². The van der Waals surface area contributed by atoms with Crippen molar-refractivity contribution >= 4 is 5.91 Å². The van der Waals surface area contributed by atoms with Gasteiger partial charge in [0.25, 0.3) is 5.91 Å². The van der Waals surface area contributed by atoms with E-state index in [1.54, 1.807) is 6.07 Å². The fourth-order valence-electron chi connectivity index (χ4n) is 2.76. The maximum absolute atomic E-state index is 12.6. The molecule has 0 saturated carbocycles. The Labute approximate surface area is 126 Å². The van der Waals surface area contributed by atoms with Crippen molar-refractivity contribution in [3.05, 3.63) is 29.8 Å². The summed E-state index contributed by atoms with van der Waals surface area (Å²) in [5.41, 5.74) is 0.652. The van der Waals surface area contributed by atoms with E-state index in [9.17, 15) is 9.90 Å². The number of hydrogen-bond acceptors (Lipinski definition) is 3. The van der Waals surface area contributed by atoms with Crippen LogP contribution in [-0.2, 0) is 0 Å². The average molecular weight is 291 g/mol. The number of carbonyl (C=O) groups is 1. The Bertz CT molecular complexity index is 487. The van der Waals surface area contributed by atoms with Gasteiger partial charge in [-0.15, -0.1) is 0 Å². The van der Waals surface area contributed by atoms with Gasteiger partial charge in [-0.3, -0.25) is 4.79 Å². The fourth-order valence-corrected chi connectivity index (χ4v) is 2.76. The van der Waals surface area contributed by atoms with Crippen molar-refractivity contribution in [2.75, 3.05) is 13.1 Å². The van der Waals surface area contributed by atoms with Crippen LogP contribution in [0.1, 0.15) is 44.0 Å². The van der Waals surface area contributed by atoms with E-state index in [1.165, 1.54) is 0 Å². The maximum atomic E-state index is 12.6. The number of aliphatic hydroxyl groups excluding tert-OH is 1. The first kappa shape index (κ1) is 15.8. The third-order valence-corrected chi connectivity index (χ3v) is 3.96. The average Bonchev–Trinajstić information content (AvgIpc) is 2.46. The van der Waals surface area contributed by atoms with Crippen molar-refractivity contribution in [1.82, 2.24) is 4.90 Å². The minimum absolute atomic E-state index is 0.0227. The number of hydrogen-bond donors (Lipinski definition) is 1. The van der Waals surface area contributed by atoms with E-state index in [0.29, 0.717) is 25.1 Å². The fraction of sp³-hybridized carbons (Fsp3) is 0.588. The summed E-state index contributed by atoms with van der Waals surface area (Å²) in [4.78, 5) is 14.4. The van der Waals surface area contributed by atoms with Crippen LogP contribution in [0.2, 0.25) is 0 Å². The lowest BCUT2D eigenvalue weighted by atomic mass is 9.92. The van der Waals surface area contributed by atoms with Crippen LogP contribution in [0.4, 0.5) is 0 Å². The second kappa shape index (κ2) is 6.94. The quantitative estimate of drug-likeness (QED) is 0.928. The smallest absolute Gasteiger partial charge is 0.254 e. The Morgan fingerprint density at radius 2 is 2.24 bits per heavy atom. The van der Waals surface area contributed by atoms with E-state index in [4.69, 9.17) is 4.74 Å². The van der Waals surface area contributed by atoms with Gasteiger partial charge in [0.2, 0.25) is 0 Å². The van der Waals surface area contributed by atoms with Gasteiger partial charge in [-0.2, -0.15) is 0 Å². The number of piperidine rings is 1. The van der Waals surface area contributed by atoms with Crippen molar-refractivity contribution in [2.45, 2.75) is 45.8 Å².